The first-order valence-electron chi connectivity index (χ1n) is 5.39. The first-order valence-corrected chi connectivity index (χ1v) is 5.39. The minimum absolute atomic E-state index is 0.222. The van der Waals surface area contributed by atoms with Gasteiger partial charge in [-0.2, -0.15) is 0 Å². The lowest BCUT2D eigenvalue weighted by molar-refractivity contribution is 0.0958. The van der Waals surface area contributed by atoms with Gasteiger partial charge in [0.1, 0.15) is 5.69 Å². The van der Waals surface area contributed by atoms with E-state index in [2.05, 4.69) is 16.4 Å². The molecule has 0 aliphatic heterocycles. The van der Waals surface area contributed by atoms with Crippen molar-refractivity contribution < 1.29 is 4.79 Å². The standard InChI is InChI=1S/C14H13N2O/c1-10-5-3-4-6-12(10)11-7-8-16-13(9-11)14(17)15-2/h3-8H,1-2H3,(H,15,17). The van der Waals surface area contributed by atoms with Gasteiger partial charge in [0.15, 0.2) is 0 Å². The summed E-state index contributed by atoms with van der Waals surface area (Å²) in [4.78, 5) is 15.5. The average Bonchev–Trinajstić information content (AvgIpc) is 2.38. The van der Waals surface area contributed by atoms with Gasteiger partial charge in [0, 0.05) is 19.3 Å². The highest BCUT2D eigenvalue weighted by Crippen LogP contribution is 2.22. The molecule has 0 saturated carbocycles. The van der Waals surface area contributed by atoms with Gasteiger partial charge in [0.05, 0.1) is 0 Å². The number of benzene rings is 1. The van der Waals surface area contributed by atoms with E-state index in [4.69, 9.17) is 0 Å². The number of nitrogens with zero attached hydrogens (tertiary/aromatic N) is 1. The number of aromatic nitrogens is 1. The van der Waals surface area contributed by atoms with E-state index in [1.54, 1.807) is 13.2 Å². The van der Waals surface area contributed by atoms with Crippen LogP contribution >= 0.6 is 0 Å². The molecule has 1 amide bonds. The number of amides is 1. The van der Waals surface area contributed by atoms with Crippen molar-refractivity contribution in [2.45, 2.75) is 6.92 Å². The predicted octanol–water partition coefficient (Wildman–Crippen LogP) is 2.22. The lowest BCUT2D eigenvalue weighted by Gasteiger charge is -2.06. The molecular weight excluding hydrogens is 212 g/mol. The molecule has 2 aromatic rings. The zero-order chi connectivity index (χ0) is 12.3. The maximum atomic E-state index is 11.5. The molecule has 85 valence electrons. The molecule has 3 heteroatoms. The number of aryl methyl sites for hydroxylation is 1. The van der Waals surface area contributed by atoms with Crippen molar-refractivity contribution >= 4 is 5.91 Å². The van der Waals surface area contributed by atoms with Crippen LogP contribution in [-0.2, 0) is 0 Å². The van der Waals surface area contributed by atoms with Gasteiger partial charge in [-0.25, -0.2) is 0 Å². The van der Waals surface area contributed by atoms with Gasteiger partial charge in [-0.05, 0) is 29.7 Å². The van der Waals surface area contributed by atoms with Crippen molar-refractivity contribution in [2.24, 2.45) is 0 Å². The van der Waals surface area contributed by atoms with E-state index in [1.165, 1.54) is 0 Å². The molecule has 17 heavy (non-hydrogen) atoms. The second-order valence-corrected chi connectivity index (χ2v) is 3.73. The molecule has 3 nitrogen and oxygen atoms in total. The molecule has 1 N–H and O–H groups in total. The second kappa shape index (κ2) is 4.78. The van der Waals surface area contributed by atoms with E-state index < -0.39 is 0 Å². The van der Waals surface area contributed by atoms with Crippen LogP contribution < -0.4 is 5.32 Å². The van der Waals surface area contributed by atoms with Gasteiger partial charge in [-0.15, -0.1) is 0 Å². The van der Waals surface area contributed by atoms with Crippen molar-refractivity contribution in [1.29, 1.82) is 0 Å². The van der Waals surface area contributed by atoms with Crippen molar-refractivity contribution in [2.75, 3.05) is 7.05 Å². The van der Waals surface area contributed by atoms with Crippen LogP contribution in [0.5, 0.6) is 0 Å². The molecule has 0 saturated heterocycles. The van der Waals surface area contributed by atoms with Crippen LogP contribution in [0.25, 0.3) is 11.1 Å². The summed E-state index contributed by atoms with van der Waals surface area (Å²) in [5.74, 6) is -0.222. The lowest BCUT2D eigenvalue weighted by Crippen LogP contribution is -2.19. The van der Waals surface area contributed by atoms with E-state index in [9.17, 15) is 4.79 Å². The summed E-state index contributed by atoms with van der Waals surface area (Å²) in [6, 6.07) is 12.9. The topological polar surface area (TPSA) is 42.0 Å². The number of carbonyl (C=O) groups excluding carboxylic acids is 1. The van der Waals surface area contributed by atoms with Crippen LogP contribution in [0.1, 0.15) is 16.1 Å². The van der Waals surface area contributed by atoms with Crippen molar-refractivity contribution in [1.82, 2.24) is 10.3 Å². The summed E-state index contributed by atoms with van der Waals surface area (Å²) < 4.78 is 0. The zero-order valence-electron chi connectivity index (χ0n) is 9.82. The van der Waals surface area contributed by atoms with E-state index in [-0.39, 0.29) is 5.91 Å². The highest BCUT2D eigenvalue weighted by molar-refractivity contribution is 5.92. The molecule has 1 heterocycles. The molecule has 0 unspecified atom stereocenters. The molecule has 0 aliphatic carbocycles. The smallest absolute Gasteiger partial charge is 0.270 e. The minimum Gasteiger partial charge on any atom is -0.354 e. The zero-order valence-corrected chi connectivity index (χ0v) is 9.82. The molecule has 0 bridgehead atoms. The fraction of sp³-hybridized carbons (Fsp3) is 0.143. The fourth-order valence-electron chi connectivity index (χ4n) is 1.65. The molecule has 0 aliphatic rings. The Kier molecular flexibility index (Phi) is 3.19. The highest BCUT2D eigenvalue weighted by Gasteiger charge is 2.08. The van der Waals surface area contributed by atoms with Crippen LogP contribution in [0.15, 0.2) is 36.5 Å². The largest absolute Gasteiger partial charge is 0.354 e. The Morgan fingerprint density at radius 3 is 2.76 bits per heavy atom. The van der Waals surface area contributed by atoms with Crippen LogP contribution in [-0.4, -0.2) is 17.9 Å². The number of nitrogens with one attached hydrogen (secondary N) is 1. The summed E-state index contributed by atoms with van der Waals surface area (Å²) >= 11 is 0. The van der Waals surface area contributed by atoms with Crippen molar-refractivity contribution in [3.8, 4) is 11.1 Å². The molecular formula is C14H13N2O. The van der Waals surface area contributed by atoms with E-state index in [0.717, 1.165) is 16.7 Å². The maximum Gasteiger partial charge on any atom is 0.270 e. The molecule has 0 fully saturated rings. The Hall–Kier alpha value is -2.16. The van der Waals surface area contributed by atoms with Gasteiger partial charge in [0.2, 0.25) is 0 Å². The third-order valence-corrected chi connectivity index (χ3v) is 2.58. The molecule has 2 rings (SSSR count). The highest BCUT2D eigenvalue weighted by atomic mass is 16.1. The van der Waals surface area contributed by atoms with E-state index in [0.29, 0.717) is 5.69 Å². The van der Waals surface area contributed by atoms with Gasteiger partial charge >= 0.3 is 0 Å². The number of hydrogen-bond acceptors (Lipinski definition) is 2. The van der Waals surface area contributed by atoms with Crippen LogP contribution in [0.2, 0.25) is 0 Å². The first-order chi connectivity index (χ1) is 8.22. The van der Waals surface area contributed by atoms with Gasteiger partial charge in [-0.3, -0.25) is 9.78 Å². The van der Waals surface area contributed by atoms with Crippen LogP contribution in [0, 0.1) is 13.0 Å². The van der Waals surface area contributed by atoms with E-state index in [1.807, 2.05) is 37.3 Å². The van der Waals surface area contributed by atoms with Crippen LogP contribution in [0.3, 0.4) is 0 Å². The van der Waals surface area contributed by atoms with Gasteiger partial charge < -0.3 is 5.32 Å². The maximum absolute atomic E-state index is 11.5. The van der Waals surface area contributed by atoms with E-state index >= 15 is 0 Å². The summed E-state index contributed by atoms with van der Waals surface area (Å²) in [5.41, 5.74) is 3.42. The second-order valence-electron chi connectivity index (χ2n) is 3.73. The Morgan fingerprint density at radius 1 is 1.29 bits per heavy atom. The average molecular weight is 225 g/mol. The molecule has 1 aromatic heterocycles. The Labute approximate surface area is 101 Å². The van der Waals surface area contributed by atoms with Crippen molar-refractivity contribution in [3.63, 3.8) is 0 Å². The normalized spacial score (nSPS) is 10.0. The molecule has 1 aromatic carbocycles. The summed E-state index contributed by atoms with van der Waals surface area (Å²) in [6.07, 6.45) is 1.63. The molecule has 0 atom stereocenters. The van der Waals surface area contributed by atoms with Crippen LogP contribution in [0.4, 0.5) is 0 Å². The third kappa shape index (κ3) is 2.33. The molecule has 1 radical (unpaired) electrons. The monoisotopic (exact) mass is 225 g/mol. The number of rotatable bonds is 2. The third-order valence-electron chi connectivity index (χ3n) is 2.58. The SMILES string of the molecule is CNC(=O)c1[c]c(-c2ccccc2C)ccn1. The molecule has 0 spiro atoms. The fourth-order valence-corrected chi connectivity index (χ4v) is 1.65. The summed E-state index contributed by atoms with van der Waals surface area (Å²) in [5, 5.41) is 2.54. The Balaban J connectivity index is 2.47. The summed E-state index contributed by atoms with van der Waals surface area (Å²) in [6.45, 7) is 2.03. The van der Waals surface area contributed by atoms with Gasteiger partial charge in [-0.1, -0.05) is 24.3 Å². The first kappa shape index (κ1) is 11.3. The Morgan fingerprint density at radius 2 is 2.06 bits per heavy atom. The Bertz CT molecular complexity index is 549. The number of hydrogen-bond donors (Lipinski definition) is 1. The van der Waals surface area contributed by atoms with Gasteiger partial charge in [0.25, 0.3) is 5.91 Å². The summed E-state index contributed by atoms with van der Waals surface area (Å²) in [7, 11) is 1.58. The predicted molar refractivity (Wildman–Crippen MR) is 66.6 cm³/mol. The lowest BCUT2D eigenvalue weighted by atomic mass is 10.0. The minimum atomic E-state index is -0.222. The van der Waals surface area contributed by atoms with Crippen molar-refractivity contribution in [3.05, 3.63) is 53.9 Å². The quantitative estimate of drug-likeness (QED) is 0.851. The number of pyridine rings is 1. The number of carbonyl (C=O) groups is 1.